The maximum Gasteiger partial charge on any atom is 0.264 e. The molecule has 2 rings (SSSR count). The Labute approximate surface area is 126 Å². The van der Waals surface area contributed by atoms with Gasteiger partial charge in [0.15, 0.2) is 0 Å². The van der Waals surface area contributed by atoms with Crippen LogP contribution in [-0.2, 0) is 16.6 Å². The van der Waals surface area contributed by atoms with Gasteiger partial charge >= 0.3 is 0 Å². The molecule has 0 amide bonds. The second kappa shape index (κ2) is 6.42. The van der Waals surface area contributed by atoms with Crippen LogP contribution in [0.4, 0.5) is 10.1 Å². The monoisotopic (exact) mass is 332 g/mol. The number of benzene rings is 1. The van der Waals surface area contributed by atoms with Gasteiger partial charge in [-0.2, -0.15) is 5.10 Å². The Hall–Kier alpha value is -1.64. The van der Waals surface area contributed by atoms with E-state index < -0.39 is 20.7 Å². The van der Waals surface area contributed by atoms with Crippen LogP contribution >= 0.6 is 11.6 Å². The molecule has 1 heterocycles. The number of anilines is 1. The van der Waals surface area contributed by atoms with Crippen LogP contribution in [-0.4, -0.2) is 25.2 Å². The lowest BCUT2D eigenvalue weighted by atomic mass is 10.2. The van der Waals surface area contributed by atoms with Gasteiger partial charge in [0.2, 0.25) is 0 Å². The lowest BCUT2D eigenvalue weighted by Gasteiger charge is -2.11. The second-order valence-corrected chi connectivity index (χ2v) is 6.34. The van der Waals surface area contributed by atoms with Crippen molar-refractivity contribution in [3.63, 3.8) is 0 Å². The number of hydrogen-bond acceptors (Lipinski definition) is 4. The van der Waals surface area contributed by atoms with E-state index >= 15 is 0 Å². The first kappa shape index (κ1) is 15.7. The van der Waals surface area contributed by atoms with Gasteiger partial charge in [-0.1, -0.05) is 18.5 Å². The summed E-state index contributed by atoms with van der Waals surface area (Å²) in [6, 6.07) is 2.48. The highest BCUT2D eigenvalue weighted by atomic mass is 35.5. The van der Waals surface area contributed by atoms with Crippen LogP contribution in [0, 0.1) is 5.82 Å². The quantitative estimate of drug-likeness (QED) is 0.756. The molecule has 0 bridgehead atoms. The summed E-state index contributed by atoms with van der Waals surface area (Å²) in [7, 11) is -4.08. The Morgan fingerprint density at radius 2 is 2.19 bits per heavy atom. The Kier molecular flexibility index (Phi) is 4.81. The Bertz CT molecular complexity index is 719. The molecule has 0 atom stereocenters. The fourth-order valence-electron chi connectivity index (χ4n) is 1.72. The molecule has 0 spiro atoms. The van der Waals surface area contributed by atoms with Crippen molar-refractivity contribution in [1.29, 1.82) is 0 Å². The molecule has 1 aromatic heterocycles. The fourth-order valence-corrected chi connectivity index (χ4v) is 3.21. The van der Waals surface area contributed by atoms with Crippen molar-refractivity contribution in [3.8, 4) is 0 Å². The highest BCUT2D eigenvalue weighted by molar-refractivity contribution is 7.92. The zero-order chi connectivity index (χ0) is 15.5. The fraction of sp³-hybridized carbons (Fsp3) is 0.250. The minimum absolute atomic E-state index is 0.150. The van der Waals surface area contributed by atoms with Gasteiger partial charge in [-0.15, -0.1) is 0 Å². The summed E-state index contributed by atoms with van der Waals surface area (Å²) >= 11 is 5.88. The first-order valence-electron chi connectivity index (χ1n) is 6.14. The molecule has 0 radical (unpaired) electrons. The van der Waals surface area contributed by atoms with E-state index in [4.69, 9.17) is 11.6 Å². The minimum atomic E-state index is -4.08. The third kappa shape index (κ3) is 3.72. The summed E-state index contributed by atoms with van der Waals surface area (Å²) in [5.74, 6) is -0.823. The summed E-state index contributed by atoms with van der Waals surface area (Å²) in [4.78, 5) is -0.496. The van der Waals surface area contributed by atoms with Crippen molar-refractivity contribution < 1.29 is 12.8 Å². The topological polar surface area (TPSA) is 86.9 Å². The molecule has 1 aromatic carbocycles. The second-order valence-electron chi connectivity index (χ2n) is 4.25. The molecule has 0 aliphatic heterocycles. The van der Waals surface area contributed by atoms with Crippen molar-refractivity contribution in [1.82, 2.24) is 15.5 Å². The Morgan fingerprint density at radius 3 is 2.81 bits per heavy atom. The van der Waals surface area contributed by atoms with Gasteiger partial charge in [0.05, 0.1) is 11.9 Å². The summed E-state index contributed by atoms with van der Waals surface area (Å²) in [5, 5.41) is 9.16. The van der Waals surface area contributed by atoms with Gasteiger partial charge < -0.3 is 5.32 Å². The van der Waals surface area contributed by atoms with E-state index in [-0.39, 0.29) is 22.8 Å². The van der Waals surface area contributed by atoms with Crippen LogP contribution in [0.25, 0.3) is 0 Å². The molecule has 114 valence electrons. The number of sulfonamides is 1. The van der Waals surface area contributed by atoms with Crippen molar-refractivity contribution in [2.24, 2.45) is 0 Å². The number of rotatable bonds is 6. The van der Waals surface area contributed by atoms with E-state index in [1.807, 2.05) is 6.92 Å². The van der Waals surface area contributed by atoms with E-state index in [0.717, 1.165) is 6.07 Å². The number of aromatic nitrogens is 2. The molecule has 0 saturated carbocycles. The maximum atomic E-state index is 14.4. The third-order valence-electron chi connectivity index (χ3n) is 2.68. The van der Waals surface area contributed by atoms with Gasteiger partial charge in [0.1, 0.15) is 10.7 Å². The normalized spacial score (nSPS) is 11.6. The number of halogens is 2. The SMILES string of the molecule is CCNCc1cc(Cl)cc(S(=O)(=O)Nc2cn[nH]c2)c1F. The molecular formula is C12H14ClFN4O2S. The predicted octanol–water partition coefficient (Wildman–Crippen LogP) is 2.11. The zero-order valence-corrected chi connectivity index (χ0v) is 12.7. The molecule has 0 unspecified atom stereocenters. The standard InChI is InChI=1S/C12H14ClFN4O2S/c1-2-15-5-8-3-9(13)4-11(12(8)14)21(19,20)18-10-6-16-17-7-10/h3-4,6-7,15,18H,2,5H2,1H3,(H,16,17). The first-order valence-corrected chi connectivity index (χ1v) is 8.00. The van der Waals surface area contributed by atoms with Crippen molar-refractivity contribution >= 4 is 27.3 Å². The summed E-state index contributed by atoms with van der Waals surface area (Å²) in [6.07, 6.45) is 2.62. The summed E-state index contributed by atoms with van der Waals surface area (Å²) < 4.78 is 41.0. The van der Waals surface area contributed by atoms with E-state index in [9.17, 15) is 12.8 Å². The average molecular weight is 333 g/mol. The molecule has 0 aliphatic carbocycles. The molecule has 0 aliphatic rings. The lowest BCUT2D eigenvalue weighted by Crippen LogP contribution is -2.18. The van der Waals surface area contributed by atoms with Gasteiger partial charge in [0, 0.05) is 23.3 Å². The van der Waals surface area contributed by atoms with E-state index in [2.05, 4.69) is 20.2 Å². The van der Waals surface area contributed by atoms with Gasteiger partial charge in [0.25, 0.3) is 10.0 Å². The van der Waals surface area contributed by atoms with Crippen LogP contribution in [0.1, 0.15) is 12.5 Å². The van der Waals surface area contributed by atoms with Crippen molar-refractivity contribution in [2.75, 3.05) is 11.3 Å². The van der Waals surface area contributed by atoms with E-state index in [0.29, 0.717) is 6.54 Å². The van der Waals surface area contributed by atoms with E-state index in [1.54, 1.807) is 0 Å². The molecular weight excluding hydrogens is 319 g/mol. The zero-order valence-electron chi connectivity index (χ0n) is 11.2. The molecule has 0 saturated heterocycles. The van der Waals surface area contributed by atoms with Gasteiger partial charge in [-0.25, -0.2) is 12.8 Å². The maximum absolute atomic E-state index is 14.4. The lowest BCUT2D eigenvalue weighted by molar-refractivity contribution is 0.552. The van der Waals surface area contributed by atoms with Crippen LogP contribution in [0.15, 0.2) is 29.4 Å². The Balaban J connectivity index is 2.40. The molecule has 9 heteroatoms. The molecule has 0 fully saturated rings. The van der Waals surface area contributed by atoms with Crippen LogP contribution < -0.4 is 10.0 Å². The number of nitrogens with zero attached hydrogens (tertiary/aromatic N) is 1. The third-order valence-corrected chi connectivity index (χ3v) is 4.28. The predicted molar refractivity (Wildman–Crippen MR) is 78.2 cm³/mol. The summed E-state index contributed by atoms with van der Waals surface area (Å²) in [6.45, 7) is 2.68. The Morgan fingerprint density at radius 1 is 1.43 bits per heavy atom. The largest absolute Gasteiger partial charge is 0.313 e. The average Bonchev–Trinajstić information content (AvgIpc) is 2.91. The highest BCUT2D eigenvalue weighted by Crippen LogP contribution is 2.25. The number of aromatic amines is 1. The van der Waals surface area contributed by atoms with Crippen molar-refractivity contribution in [3.05, 3.63) is 40.9 Å². The number of nitrogens with one attached hydrogen (secondary N) is 3. The van der Waals surface area contributed by atoms with Crippen LogP contribution in [0.2, 0.25) is 5.02 Å². The van der Waals surface area contributed by atoms with Crippen molar-refractivity contribution in [2.45, 2.75) is 18.4 Å². The number of H-pyrrole nitrogens is 1. The smallest absolute Gasteiger partial charge is 0.264 e. The van der Waals surface area contributed by atoms with Gasteiger partial charge in [-0.3, -0.25) is 9.82 Å². The minimum Gasteiger partial charge on any atom is -0.313 e. The molecule has 6 nitrogen and oxygen atoms in total. The number of hydrogen-bond donors (Lipinski definition) is 3. The first-order chi connectivity index (χ1) is 9.94. The molecule has 2 aromatic rings. The summed E-state index contributed by atoms with van der Waals surface area (Å²) in [5.41, 5.74) is 0.402. The van der Waals surface area contributed by atoms with E-state index in [1.165, 1.54) is 18.5 Å². The van der Waals surface area contributed by atoms with Crippen LogP contribution in [0.5, 0.6) is 0 Å². The molecule has 3 N–H and O–H groups in total. The van der Waals surface area contributed by atoms with Gasteiger partial charge in [-0.05, 0) is 18.7 Å². The highest BCUT2D eigenvalue weighted by Gasteiger charge is 2.22. The molecule has 21 heavy (non-hydrogen) atoms. The van der Waals surface area contributed by atoms with Crippen LogP contribution in [0.3, 0.4) is 0 Å².